The number of carbonyl (C=O) groups excluding carboxylic acids is 1. The van der Waals surface area contributed by atoms with Crippen LogP contribution in [0.4, 0.5) is 4.79 Å². The molecule has 5 nitrogen and oxygen atoms in total. The molecule has 0 spiro atoms. The maximum atomic E-state index is 12.5. The maximum Gasteiger partial charge on any atom is 0.411 e. The third-order valence-corrected chi connectivity index (χ3v) is 4.86. The highest BCUT2D eigenvalue weighted by atomic mass is 16.6. The van der Waals surface area contributed by atoms with E-state index in [1.54, 1.807) is 20.8 Å². The van der Waals surface area contributed by atoms with E-state index in [2.05, 4.69) is 30.3 Å². The quantitative estimate of drug-likeness (QED) is 0.840. The second-order valence-corrected chi connectivity index (χ2v) is 8.36. The summed E-state index contributed by atoms with van der Waals surface area (Å²) in [5.41, 5.74) is 2.77. The lowest BCUT2D eigenvalue weighted by atomic mass is 9.94. The van der Waals surface area contributed by atoms with Crippen molar-refractivity contribution in [2.75, 3.05) is 6.54 Å². The van der Waals surface area contributed by atoms with Crippen LogP contribution in [0.3, 0.4) is 0 Å². The van der Waals surface area contributed by atoms with Gasteiger partial charge in [-0.3, -0.25) is 4.90 Å². The molecule has 1 unspecified atom stereocenters. The summed E-state index contributed by atoms with van der Waals surface area (Å²) < 4.78 is 5.40. The van der Waals surface area contributed by atoms with E-state index < -0.39 is 23.7 Å². The number of aliphatic carboxylic acids is 1. The van der Waals surface area contributed by atoms with Crippen molar-refractivity contribution in [3.05, 3.63) is 60.2 Å². The van der Waals surface area contributed by atoms with Gasteiger partial charge in [0.1, 0.15) is 11.6 Å². The van der Waals surface area contributed by atoms with E-state index in [1.807, 2.05) is 24.3 Å². The van der Waals surface area contributed by atoms with Gasteiger partial charge in [0, 0.05) is 6.54 Å². The molecule has 0 bridgehead atoms. The minimum atomic E-state index is -0.980. The molecule has 2 atom stereocenters. The van der Waals surface area contributed by atoms with Crippen LogP contribution in [-0.2, 0) is 16.0 Å². The number of carboxylic acid groups (broad SMARTS) is 1. The Bertz CT molecular complexity index is 841. The summed E-state index contributed by atoms with van der Waals surface area (Å²) in [6, 6.07) is 17.6. The Hall–Kier alpha value is -2.82. The molecular formula is C23H27NO4. The highest BCUT2D eigenvalue weighted by Crippen LogP contribution is 2.29. The molecule has 1 aliphatic rings. The first-order valence-electron chi connectivity index (χ1n) is 9.60. The Balaban J connectivity index is 1.73. The van der Waals surface area contributed by atoms with Gasteiger partial charge in [0.2, 0.25) is 0 Å². The molecule has 5 heteroatoms. The summed E-state index contributed by atoms with van der Waals surface area (Å²) in [4.78, 5) is 25.5. The summed E-state index contributed by atoms with van der Waals surface area (Å²) >= 11 is 0. The average molecular weight is 381 g/mol. The number of benzene rings is 2. The Morgan fingerprint density at radius 1 is 1.07 bits per heavy atom. The number of hydrogen-bond donors (Lipinski definition) is 1. The van der Waals surface area contributed by atoms with E-state index in [9.17, 15) is 14.7 Å². The van der Waals surface area contributed by atoms with Crippen LogP contribution >= 0.6 is 0 Å². The molecule has 1 saturated heterocycles. The lowest BCUT2D eigenvalue weighted by Crippen LogP contribution is -2.43. The number of nitrogens with zero attached hydrogens (tertiary/aromatic N) is 1. The van der Waals surface area contributed by atoms with Crippen LogP contribution in [-0.4, -0.2) is 40.3 Å². The lowest BCUT2D eigenvalue weighted by Gasteiger charge is -2.26. The van der Waals surface area contributed by atoms with Gasteiger partial charge >= 0.3 is 12.1 Å². The molecule has 0 aromatic heterocycles. The van der Waals surface area contributed by atoms with Gasteiger partial charge in [-0.2, -0.15) is 0 Å². The predicted octanol–water partition coefficient (Wildman–Crippen LogP) is 4.61. The fourth-order valence-corrected chi connectivity index (χ4v) is 3.67. The molecule has 3 rings (SSSR count). The Morgan fingerprint density at radius 3 is 2.39 bits per heavy atom. The summed E-state index contributed by atoms with van der Waals surface area (Å²) in [7, 11) is 0. The SMILES string of the molecule is CC(C)(C)OC(=O)N1CC(Cc2cccc(-c3ccccc3)c2)C[C@H]1C(=O)O. The van der Waals surface area contributed by atoms with Gasteiger partial charge in [0.05, 0.1) is 0 Å². The zero-order chi connectivity index (χ0) is 20.3. The lowest BCUT2D eigenvalue weighted by molar-refractivity contribution is -0.142. The molecule has 1 fully saturated rings. The van der Waals surface area contributed by atoms with Crippen LogP contribution < -0.4 is 0 Å². The fraction of sp³-hybridized carbons (Fsp3) is 0.391. The van der Waals surface area contributed by atoms with Crippen LogP contribution in [0.5, 0.6) is 0 Å². The van der Waals surface area contributed by atoms with Crippen LogP contribution in [0.1, 0.15) is 32.8 Å². The van der Waals surface area contributed by atoms with Crippen molar-refractivity contribution in [2.45, 2.75) is 45.3 Å². The van der Waals surface area contributed by atoms with Crippen LogP contribution in [0, 0.1) is 5.92 Å². The van der Waals surface area contributed by atoms with Crippen molar-refractivity contribution in [3.8, 4) is 11.1 Å². The summed E-state index contributed by atoms with van der Waals surface area (Å²) in [5, 5.41) is 9.56. The first-order valence-corrected chi connectivity index (χ1v) is 9.60. The Kier molecular flexibility index (Phi) is 5.73. The normalized spacial score (nSPS) is 19.5. The van der Waals surface area contributed by atoms with Crippen molar-refractivity contribution in [2.24, 2.45) is 5.92 Å². The first-order chi connectivity index (χ1) is 13.2. The molecular weight excluding hydrogens is 354 g/mol. The molecule has 28 heavy (non-hydrogen) atoms. The number of amides is 1. The summed E-state index contributed by atoms with van der Waals surface area (Å²) in [6.45, 7) is 5.73. The summed E-state index contributed by atoms with van der Waals surface area (Å²) in [6.07, 6.45) is 0.605. The summed E-state index contributed by atoms with van der Waals surface area (Å²) in [5.74, 6) is -0.897. The van der Waals surface area contributed by atoms with Gasteiger partial charge in [-0.1, -0.05) is 54.6 Å². The fourth-order valence-electron chi connectivity index (χ4n) is 3.67. The van der Waals surface area contributed by atoms with Crippen molar-refractivity contribution in [3.63, 3.8) is 0 Å². The van der Waals surface area contributed by atoms with Crippen LogP contribution in [0.25, 0.3) is 11.1 Å². The minimum Gasteiger partial charge on any atom is -0.480 e. The van der Waals surface area contributed by atoms with Crippen LogP contribution in [0.15, 0.2) is 54.6 Å². The van der Waals surface area contributed by atoms with E-state index in [0.717, 1.165) is 23.1 Å². The predicted molar refractivity (Wildman–Crippen MR) is 108 cm³/mol. The van der Waals surface area contributed by atoms with E-state index in [4.69, 9.17) is 4.74 Å². The molecule has 0 saturated carbocycles. The molecule has 1 aliphatic heterocycles. The van der Waals surface area contributed by atoms with Crippen molar-refractivity contribution in [1.29, 1.82) is 0 Å². The number of carbonyl (C=O) groups is 2. The minimum absolute atomic E-state index is 0.0830. The van der Waals surface area contributed by atoms with Crippen molar-refractivity contribution in [1.82, 2.24) is 4.90 Å². The molecule has 2 aromatic rings. The molecule has 148 valence electrons. The molecule has 0 radical (unpaired) electrons. The zero-order valence-corrected chi connectivity index (χ0v) is 16.6. The third kappa shape index (κ3) is 4.91. The molecule has 1 heterocycles. The zero-order valence-electron chi connectivity index (χ0n) is 16.6. The number of hydrogen-bond acceptors (Lipinski definition) is 3. The Labute approximate surface area is 165 Å². The second kappa shape index (κ2) is 8.05. The molecule has 1 N–H and O–H groups in total. The maximum absolute atomic E-state index is 12.5. The monoisotopic (exact) mass is 381 g/mol. The van der Waals surface area contributed by atoms with E-state index in [-0.39, 0.29) is 5.92 Å². The largest absolute Gasteiger partial charge is 0.480 e. The van der Waals surface area contributed by atoms with Crippen molar-refractivity contribution < 1.29 is 19.4 Å². The number of likely N-dealkylation sites (tertiary alicyclic amines) is 1. The van der Waals surface area contributed by atoms with E-state index in [0.29, 0.717) is 13.0 Å². The van der Waals surface area contributed by atoms with Gasteiger partial charge in [-0.05, 0) is 56.2 Å². The standard InChI is InChI=1S/C23H27NO4/c1-23(2,3)28-22(27)24-15-17(14-20(24)21(25)26)12-16-8-7-11-19(13-16)18-9-5-4-6-10-18/h4-11,13,17,20H,12,14-15H2,1-3H3,(H,25,26)/t17?,20-/m0/s1. The number of rotatable bonds is 4. The molecule has 2 aromatic carbocycles. The van der Waals surface area contributed by atoms with Crippen LogP contribution in [0.2, 0.25) is 0 Å². The topological polar surface area (TPSA) is 66.8 Å². The Morgan fingerprint density at radius 2 is 1.75 bits per heavy atom. The van der Waals surface area contributed by atoms with Gasteiger partial charge in [-0.25, -0.2) is 9.59 Å². The van der Waals surface area contributed by atoms with Crippen molar-refractivity contribution >= 4 is 12.1 Å². The number of carboxylic acids is 1. The highest BCUT2D eigenvalue weighted by molar-refractivity contribution is 5.81. The molecule has 0 aliphatic carbocycles. The van der Waals surface area contributed by atoms with Gasteiger partial charge in [-0.15, -0.1) is 0 Å². The molecule has 1 amide bonds. The average Bonchev–Trinajstić information content (AvgIpc) is 3.06. The van der Waals surface area contributed by atoms with E-state index in [1.165, 1.54) is 4.90 Å². The van der Waals surface area contributed by atoms with Gasteiger partial charge in [0.25, 0.3) is 0 Å². The van der Waals surface area contributed by atoms with Gasteiger partial charge < -0.3 is 9.84 Å². The van der Waals surface area contributed by atoms with Gasteiger partial charge in [0.15, 0.2) is 0 Å². The smallest absolute Gasteiger partial charge is 0.411 e. The highest BCUT2D eigenvalue weighted by Gasteiger charge is 2.41. The van der Waals surface area contributed by atoms with E-state index >= 15 is 0 Å². The second-order valence-electron chi connectivity index (χ2n) is 8.36. The number of ether oxygens (including phenoxy) is 1. The third-order valence-electron chi connectivity index (χ3n) is 4.86. The first kappa shape index (κ1) is 19.9.